The van der Waals surface area contributed by atoms with Crippen molar-refractivity contribution in [2.24, 2.45) is 17.3 Å². The Balaban J connectivity index is 1.27. The van der Waals surface area contributed by atoms with Crippen molar-refractivity contribution in [3.8, 4) is 5.75 Å². The summed E-state index contributed by atoms with van der Waals surface area (Å²) >= 11 is 0. The zero-order chi connectivity index (χ0) is 37.3. The Morgan fingerprint density at radius 3 is 2.67 bits per heavy atom. The summed E-state index contributed by atoms with van der Waals surface area (Å²) in [5.74, 6) is 0.277. The number of benzene rings is 2. The molecule has 2 aliphatic carbocycles. The van der Waals surface area contributed by atoms with Gasteiger partial charge in [-0.05, 0) is 79.8 Å². The van der Waals surface area contributed by atoms with E-state index < -0.39 is 22.5 Å². The first-order valence-electron chi connectivity index (χ1n) is 19.7. The van der Waals surface area contributed by atoms with Crippen LogP contribution in [0.25, 0.3) is 16.6 Å². The Morgan fingerprint density at radius 2 is 1.91 bits per heavy atom. The fraction of sp³-hybridized carbons (Fsp3) is 0.535. The molecule has 4 bridgehead atoms. The van der Waals surface area contributed by atoms with Crippen LogP contribution in [0.15, 0.2) is 59.8 Å². The molecular formula is C43H50N4O7. The molecule has 3 N–H and O–H groups in total. The number of piperidine rings is 2. The fourth-order valence-electron chi connectivity index (χ4n) is 13.2. The number of rotatable bonds is 7. The van der Waals surface area contributed by atoms with Crippen LogP contribution in [0.1, 0.15) is 62.3 Å². The lowest BCUT2D eigenvalue weighted by Crippen LogP contribution is -2.71. The van der Waals surface area contributed by atoms with E-state index in [-0.39, 0.29) is 42.5 Å². The highest BCUT2D eigenvalue weighted by Gasteiger charge is 2.68. The Morgan fingerprint density at radius 1 is 1.07 bits per heavy atom. The summed E-state index contributed by atoms with van der Waals surface area (Å²) in [6.45, 7) is 4.20. The second-order valence-corrected chi connectivity index (χ2v) is 16.9. The Bertz CT molecular complexity index is 2170. The first-order chi connectivity index (χ1) is 26.2. The molecule has 7 heterocycles. The highest BCUT2D eigenvalue weighted by molar-refractivity contribution is 5.96. The van der Waals surface area contributed by atoms with Gasteiger partial charge in [0.1, 0.15) is 17.4 Å². The second kappa shape index (κ2) is 11.9. The van der Waals surface area contributed by atoms with Gasteiger partial charge in [-0.3, -0.25) is 14.6 Å². The van der Waals surface area contributed by atoms with Crippen LogP contribution in [0.4, 0.5) is 5.69 Å². The largest absolute Gasteiger partial charge is 0.497 e. The highest BCUT2D eigenvalue weighted by Crippen LogP contribution is 2.66. The van der Waals surface area contributed by atoms with Crippen LogP contribution in [0.2, 0.25) is 0 Å². The molecule has 11 rings (SSSR count). The summed E-state index contributed by atoms with van der Waals surface area (Å²) < 4.78 is 19.5. The van der Waals surface area contributed by atoms with Gasteiger partial charge in [0, 0.05) is 77.8 Å². The molecule has 1 spiro atoms. The minimum atomic E-state index is -1.02. The third-order valence-corrected chi connectivity index (χ3v) is 14.9. The molecule has 3 aromatic rings. The lowest BCUT2D eigenvalue weighted by Gasteiger charge is -2.60. The summed E-state index contributed by atoms with van der Waals surface area (Å²) in [5.41, 5.74) is 5.74. The second-order valence-electron chi connectivity index (χ2n) is 16.9. The first-order valence-corrected chi connectivity index (χ1v) is 19.7. The van der Waals surface area contributed by atoms with Crippen molar-refractivity contribution in [3.05, 3.63) is 76.6 Å². The maximum atomic E-state index is 14.8. The van der Waals surface area contributed by atoms with Gasteiger partial charge >= 0.3 is 11.9 Å². The summed E-state index contributed by atoms with van der Waals surface area (Å²) in [5, 5.41) is 27.4. The van der Waals surface area contributed by atoms with Crippen molar-refractivity contribution in [2.75, 3.05) is 52.9 Å². The minimum Gasteiger partial charge on any atom is -0.497 e. The van der Waals surface area contributed by atoms with Gasteiger partial charge in [0.25, 0.3) is 0 Å². The third kappa shape index (κ3) is 4.11. The standard InChI is InChI=1S/C43H50N4O7/c1-5-24-18-25-20-43(40(51)54-4)35(24)46(37(25)49)15-12-28-29-19-27(52-2)10-11-33(29)47(36(28)43)26-21-41(14-17-48)22-30(38(50)53-3)34-42(13-16-45(23-26)39(41)42)31-8-6-7-9-32(31)44-34/h6-11,19,21,24-25,35,37,39,44,48-49H,5,12-18,20,22-23H2,1-4H3/t24-,25-,35-,37?,39-,41-,42-,43-/m0/s1. The SMILES string of the molecule is CC[C@H]1C[C@H]2C[C@@]3(C(=O)OC)c4c(c5cc(OC)ccc5n4C4=C[C@@]5(CCO)CC(C(=O)OC)=C6Nc7ccccc7[C@@]67CCN(C4)[C@@H]57)CCN(C2O)[C@@H]13. The number of hydrogen-bond acceptors (Lipinski definition) is 10. The van der Waals surface area contributed by atoms with Crippen molar-refractivity contribution in [1.82, 2.24) is 14.4 Å². The van der Waals surface area contributed by atoms with Crippen molar-refractivity contribution in [2.45, 2.75) is 81.0 Å². The smallest absolute Gasteiger partial charge is 0.335 e. The number of aromatic nitrogens is 1. The van der Waals surface area contributed by atoms with Gasteiger partial charge in [0.15, 0.2) is 0 Å². The van der Waals surface area contributed by atoms with E-state index in [9.17, 15) is 19.8 Å². The number of carbonyl (C=O) groups is 2. The van der Waals surface area contributed by atoms with Crippen molar-refractivity contribution >= 4 is 34.2 Å². The summed E-state index contributed by atoms with van der Waals surface area (Å²) in [6, 6.07) is 14.3. The number of carbonyl (C=O) groups excluding carboxylic acids is 2. The molecule has 284 valence electrons. The van der Waals surface area contributed by atoms with Crippen LogP contribution in [0.5, 0.6) is 5.75 Å². The zero-order valence-corrected chi connectivity index (χ0v) is 31.6. The molecule has 6 aliphatic heterocycles. The molecule has 11 nitrogen and oxygen atoms in total. The molecule has 4 fully saturated rings. The van der Waals surface area contributed by atoms with Crippen LogP contribution in [0.3, 0.4) is 0 Å². The number of ether oxygens (including phenoxy) is 3. The van der Waals surface area contributed by atoms with E-state index in [0.717, 1.165) is 70.8 Å². The van der Waals surface area contributed by atoms with Crippen LogP contribution < -0.4 is 10.1 Å². The molecule has 1 saturated carbocycles. The normalized spacial score (nSPS) is 35.7. The highest BCUT2D eigenvalue weighted by atomic mass is 16.5. The number of nitrogens with zero attached hydrogens (tertiary/aromatic N) is 3. The molecule has 11 heteroatoms. The molecule has 54 heavy (non-hydrogen) atoms. The van der Waals surface area contributed by atoms with Crippen LogP contribution >= 0.6 is 0 Å². The topological polar surface area (TPSA) is 126 Å². The van der Waals surface area contributed by atoms with E-state index in [1.165, 1.54) is 19.8 Å². The number of nitrogens with one attached hydrogen (secondary N) is 1. The van der Waals surface area contributed by atoms with E-state index in [4.69, 9.17) is 14.2 Å². The summed E-state index contributed by atoms with van der Waals surface area (Å²) in [7, 11) is 4.62. The molecule has 1 aromatic heterocycles. The number of methoxy groups -OCH3 is 3. The molecule has 0 radical (unpaired) electrons. The summed E-state index contributed by atoms with van der Waals surface area (Å²) in [4.78, 5) is 33.5. The summed E-state index contributed by atoms with van der Waals surface area (Å²) in [6.07, 6.45) is 6.36. The number of anilines is 1. The van der Waals surface area contributed by atoms with Crippen LogP contribution in [0, 0.1) is 17.3 Å². The predicted molar refractivity (Wildman–Crippen MR) is 203 cm³/mol. The van der Waals surface area contributed by atoms with Gasteiger partial charge in [-0.25, -0.2) is 4.79 Å². The number of aliphatic hydroxyl groups is 2. The number of aliphatic hydroxyl groups excluding tert-OH is 2. The maximum Gasteiger partial charge on any atom is 0.335 e. The Hall–Kier alpha value is -4.16. The van der Waals surface area contributed by atoms with Gasteiger partial charge in [-0.15, -0.1) is 0 Å². The van der Waals surface area contributed by atoms with Gasteiger partial charge in [-0.2, -0.15) is 0 Å². The molecule has 2 aromatic carbocycles. The fourth-order valence-corrected chi connectivity index (χ4v) is 13.2. The average Bonchev–Trinajstić information content (AvgIpc) is 3.84. The molecule has 8 aliphatic rings. The molecule has 2 unspecified atom stereocenters. The molecule has 3 saturated heterocycles. The number of hydrogen-bond donors (Lipinski definition) is 3. The monoisotopic (exact) mass is 734 g/mol. The van der Waals surface area contributed by atoms with Crippen LogP contribution in [-0.2, 0) is 36.3 Å². The number of esters is 2. The van der Waals surface area contributed by atoms with Gasteiger partial charge in [0.2, 0.25) is 0 Å². The quantitative estimate of drug-likeness (QED) is 0.298. The van der Waals surface area contributed by atoms with Gasteiger partial charge < -0.3 is 34.3 Å². The minimum absolute atomic E-state index is 0.0173. The first kappa shape index (κ1) is 34.3. The number of para-hydroxylation sites is 1. The average molecular weight is 735 g/mol. The predicted octanol–water partition coefficient (Wildman–Crippen LogP) is 4.55. The van der Waals surface area contributed by atoms with E-state index in [1.807, 2.05) is 12.1 Å². The zero-order valence-electron chi connectivity index (χ0n) is 31.6. The Labute approximate surface area is 315 Å². The molecule has 9 atom stereocenters. The van der Waals surface area contributed by atoms with Gasteiger partial charge in [0.05, 0.1) is 37.8 Å². The number of fused-ring (bicyclic) bond motifs is 5. The van der Waals surface area contributed by atoms with E-state index >= 15 is 0 Å². The van der Waals surface area contributed by atoms with Crippen molar-refractivity contribution in [1.29, 1.82) is 0 Å². The van der Waals surface area contributed by atoms with E-state index in [2.05, 4.69) is 63.0 Å². The van der Waals surface area contributed by atoms with Crippen LogP contribution in [-0.4, -0.2) is 102 Å². The third-order valence-electron chi connectivity index (χ3n) is 14.9. The van der Waals surface area contributed by atoms with Gasteiger partial charge in [-0.1, -0.05) is 37.6 Å². The Kier molecular flexibility index (Phi) is 7.58. The molecule has 0 amide bonds. The lowest BCUT2D eigenvalue weighted by molar-refractivity contribution is -0.197. The van der Waals surface area contributed by atoms with Crippen molar-refractivity contribution < 1.29 is 34.0 Å². The van der Waals surface area contributed by atoms with E-state index in [1.54, 1.807) is 7.11 Å². The maximum absolute atomic E-state index is 14.8. The molecular weight excluding hydrogens is 684 g/mol. The van der Waals surface area contributed by atoms with E-state index in [0.29, 0.717) is 44.3 Å². The lowest BCUT2D eigenvalue weighted by atomic mass is 9.54. The van der Waals surface area contributed by atoms with Crippen molar-refractivity contribution in [3.63, 3.8) is 0 Å².